The number of hydrogen-bond acceptors (Lipinski definition) is 6. The average Bonchev–Trinajstić information content (AvgIpc) is 2.54. The number of rotatable bonds is 3. The van der Waals surface area contributed by atoms with E-state index in [-0.39, 0.29) is 17.3 Å². The van der Waals surface area contributed by atoms with Crippen LogP contribution in [0, 0.1) is 11.6 Å². The number of phenolic OH excluding ortho intramolecular Hbond substituents is 1. The Morgan fingerprint density at radius 2 is 1.96 bits per heavy atom. The predicted molar refractivity (Wildman–Crippen MR) is 91.6 cm³/mol. The Balaban J connectivity index is 1.81. The second-order valence-electron chi connectivity index (χ2n) is 6.85. The third-order valence-electron chi connectivity index (χ3n) is 4.57. The molecule has 1 saturated carbocycles. The van der Waals surface area contributed by atoms with E-state index in [1.807, 2.05) is 0 Å². The number of nitrogens with zero attached hydrogens (tertiary/aromatic N) is 3. The fraction of sp³-hybridized carbons (Fsp3) is 0.278. The minimum Gasteiger partial charge on any atom is -0.507 e. The van der Waals surface area contributed by atoms with Crippen molar-refractivity contribution < 1.29 is 19.0 Å². The number of pyridine rings is 1. The molecule has 3 N–H and O–H groups in total. The van der Waals surface area contributed by atoms with Gasteiger partial charge in [0.2, 0.25) is 0 Å². The van der Waals surface area contributed by atoms with Crippen LogP contribution < -0.4 is 5.32 Å². The van der Waals surface area contributed by atoms with Gasteiger partial charge in [-0.1, -0.05) is 0 Å². The van der Waals surface area contributed by atoms with Gasteiger partial charge in [-0.25, -0.2) is 8.78 Å². The molecule has 0 spiro atoms. The molecule has 8 heteroatoms. The SMILES string of the molecule is C[C@]1(O)C[C@@H](Nc2nnc(-c3c(O)cc(F)cc3F)c3ccncc23)C1. The Morgan fingerprint density at radius 1 is 1.19 bits per heavy atom. The molecule has 1 aromatic carbocycles. The lowest BCUT2D eigenvalue weighted by molar-refractivity contribution is -0.0235. The molecule has 2 heterocycles. The number of hydrogen-bond donors (Lipinski definition) is 3. The highest BCUT2D eigenvalue weighted by molar-refractivity contribution is 6.00. The van der Waals surface area contributed by atoms with E-state index < -0.39 is 23.0 Å². The summed E-state index contributed by atoms with van der Waals surface area (Å²) >= 11 is 0. The molecule has 1 aliphatic carbocycles. The minimum atomic E-state index is -0.925. The van der Waals surface area contributed by atoms with Crippen molar-refractivity contribution in [2.45, 2.75) is 31.4 Å². The van der Waals surface area contributed by atoms with Gasteiger partial charge in [0.25, 0.3) is 0 Å². The normalized spacial score (nSPS) is 22.2. The maximum absolute atomic E-state index is 14.3. The third kappa shape index (κ3) is 2.82. The van der Waals surface area contributed by atoms with Crippen molar-refractivity contribution >= 4 is 16.6 Å². The van der Waals surface area contributed by atoms with Crippen molar-refractivity contribution in [3.05, 3.63) is 42.2 Å². The summed E-state index contributed by atoms with van der Waals surface area (Å²) < 4.78 is 27.5. The molecule has 0 saturated heterocycles. The van der Waals surface area contributed by atoms with Gasteiger partial charge in [0.05, 0.1) is 11.2 Å². The third-order valence-corrected chi connectivity index (χ3v) is 4.57. The van der Waals surface area contributed by atoms with Gasteiger partial charge in [0.15, 0.2) is 5.82 Å². The van der Waals surface area contributed by atoms with E-state index in [0.717, 1.165) is 6.07 Å². The maximum Gasteiger partial charge on any atom is 0.158 e. The molecule has 0 atom stereocenters. The zero-order valence-electron chi connectivity index (χ0n) is 13.9. The van der Waals surface area contributed by atoms with Crippen LogP contribution in [-0.2, 0) is 0 Å². The minimum absolute atomic E-state index is 0.0458. The van der Waals surface area contributed by atoms with E-state index in [9.17, 15) is 19.0 Å². The largest absolute Gasteiger partial charge is 0.507 e. The van der Waals surface area contributed by atoms with E-state index in [1.54, 1.807) is 19.2 Å². The van der Waals surface area contributed by atoms with Gasteiger partial charge in [-0.05, 0) is 25.8 Å². The Labute approximate surface area is 147 Å². The lowest BCUT2D eigenvalue weighted by atomic mass is 9.77. The Hall–Kier alpha value is -2.87. The van der Waals surface area contributed by atoms with E-state index in [1.165, 1.54) is 6.20 Å². The first-order valence-corrected chi connectivity index (χ1v) is 8.12. The standard InChI is InChI=1S/C18H16F2N4O2/c1-18(26)6-10(7-18)22-17-12-8-21-3-2-11(12)16(23-24-17)15-13(20)4-9(19)5-14(15)25/h2-5,8,10,25-26H,6-7H2,1H3,(H,22,24)/t10-,18+. The first kappa shape index (κ1) is 16.6. The summed E-state index contributed by atoms with van der Waals surface area (Å²) in [5.74, 6) is -1.89. The number of anilines is 1. The molecule has 0 unspecified atom stereocenters. The zero-order chi connectivity index (χ0) is 18.5. The molecule has 2 aromatic heterocycles. The Kier molecular flexibility index (Phi) is 3.73. The van der Waals surface area contributed by atoms with Crippen LogP contribution in [0.1, 0.15) is 19.8 Å². The molecule has 1 fully saturated rings. The van der Waals surface area contributed by atoms with E-state index in [0.29, 0.717) is 35.5 Å². The van der Waals surface area contributed by atoms with Crippen LogP contribution in [0.5, 0.6) is 5.75 Å². The molecule has 134 valence electrons. The highest BCUT2D eigenvalue weighted by atomic mass is 19.1. The van der Waals surface area contributed by atoms with Crippen LogP contribution in [-0.4, -0.2) is 37.0 Å². The van der Waals surface area contributed by atoms with E-state index >= 15 is 0 Å². The van der Waals surface area contributed by atoms with Crippen LogP contribution in [0.4, 0.5) is 14.6 Å². The van der Waals surface area contributed by atoms with Gasteiger partial charge in [0.1, 0.15) is 23.1 Å². The number of aromatic nitrogens is 3. The molecule has 0 aliphatic heterocycles. The highest BCUT2D eigenvalue weighted by Gasteiger charge is 2.38. The van der Waals surface area contributed by atoms with Crippen LogP contribution in [0.25, 0.3) is 22.0 Å². The summed E-state index contributed by atoms with van der Waals surface area (Å²) in [6.07, 6.45) is 4.23. The second kappa shape index (κ2) is 5.84. The van der Waals surface area contributed by atoms with Gasteiger partial charge >= 0.3 is 0 Å². The van der Waals surface area contributed by atoms with Crippen molar-refractivity contribution in [2.75, 3.05) is 5.32 Å². The average molecular weight is 358 g/mol. The molecule has 3 aromatic rings. The van der Waals surface area contributed by atoms with Gasteiger partial charge < -0.3 is 15.5 Å². The van der Waals surface area contributed by atoms with Crippen LogP contribution in [0.15, 0.2) is 30.6 Å². The first-order chi connectivity index (χ1) is 12.3. The van der Waals surface area contributed by atoms with Crippen LogP contribution >= 0.6 is 0 Å². The number of phenols is 1. The van der Waals surface area contributed by atoms with Gasteiger partial charge in [-0.3, -0.25) is 4.98 Å². The molecule has 6 nitrogen and oxygen atoms in total. The van der Waals surface area contributed by atoms with E-state index in [2.05, 4.69) is 20.5 Å². The lowest BCUT2D eigenvalue weighted by Gasteiger charge is -2.41. The second-order valence-corrected chi connectivity index (χ2v) is 6.85. The number of nitrogens with one attached hydrogen (secondary N) is 1. The number of aliphatic hydroxyl groups is 1. The Morgan fingerprint density at radius 3 is 2.65 bits per heavy atom. The maximum atomic E-state index is 14.3. The molecule has 0 bridgehead atoms. The molecule has 0 amide bonds. The zero-order valence-corrected chi connectivity index (χ0v) is 13.9. The number of benzene rings is 1. The first-order valence-electron chi connectivity index (χ1n) is 8.12. The van der Waals surface area contributed by atoms with Crippen molar-refractivity contribution in [1.82, 2.24) is 15.2 Å². The van der Waals surface area contributed by atoms with E-state index in [4.69, 9.17) is 0 Å². The summed E-state index contributed by atoms with van der Waals surface area (Å²) in [6, 6.07) is 3.19. The van der Waals surface area contributed by atoms with Gasteiger partial charge in [-0.2, -0.15) is 0 Å². The molecule has 0 radical (unpaired) electrons. The van der Waals surface area contributed by atoms with Gasteiger partial charge in [-0.15, -0.1) is 10.2 Å². The number of aromatic hydroxyl groups is 1. The van der Waals surface area contributed by atoms with Crippen molar-refractivity contribution in [3.8, 4) is 17.0 Å². The summed E-state index contributed by atoms with van der Waals surface area (Å²) in [7, 11) is 0. The quantitative estimate of drug-likeness (QED) is 0.667. The number of fused-ring (bicyclic) bond motifs is 1. The summed E-state index contributed by atoms with van der Waals surface area (Å²) in [5, 5.41) is 32.3. The Bertz CT molecular complexity index is 979. The monoisotopic (exact) mass is 358 g/mol. The van der Waals surface area contributed by atoms with Crippen LogP contribution in [0.2, 0.25) is 0 Å². The number of halogens is 2. The fourth-order valence-corrected chi connectivity index (χ4v) is 3.38. The molecule has 26 heavy (non-hydrogen) atoms. The molecule has 4 rings (SSSR count). The lowest BCUT2D eigenvalue weighted by Crippen LogP contribution is -2.48. The summed E-state index contributed by atoms with van der Waals surface area (Å²) in [6.45, 7) is 1.76. The van der Waals surface area contributed by atoms with Crippen LogP contribution in [0.3, 0.4) is 0 Å². The summed E-state index contributed by atoms with van der Waals surface area (Å²) in [5.41, 5.74) is -0.806. The van der Waals surface area contributed by atoms with Gasteiger partial charge in [0, 0.05) is 41.3 Å². The topological polar surface area (TPSA) is 91.2 Å². The summed E-state index contributed by atoms with van der Waals surface area (Å²) in [4.78, 5) is 4.07. The molecule has 1 aliphatic rings. The van der Waals surface area contributed by atoms with Crippen molar-refractivity contribution in [2.24, 2.45) is 0 Å². The predicted octanol–water partition coefficient (Wildman–Crippen LogP) is 3.00. The van der Waals surface area contributed by atoms with Crippen molar-refractivity contribution in [1.29, 1.82) is 0 Å². The molecular weight excluding hydrogens is 342 g/mol. The molecular formula is C18H16F2N4O2. The fourth-order valence-electron chi connectivity index (χ4n) is 3.38. The van der Waals surface area contributed by atoms with Crippen molar-refractivity contribution in [3.63, 3.8) is 0 Å². The smallest absolute Gasteiger partial charge is 0.158 e. The highest BCUT2D eigenvalue weighted by Crippen LogP contribution is 2.38.